The van der Waals surface area contributed by atoms with Crippen LogP contribution in [0.15, 0.2) is 48.5 Å². The normalized spacial score (nSPS) is 10.6. The average Bonchev–Trinajstić information content (AvgIpc) is 2.45. The molecule has 0 saturated carbocycles. The van der Waals surface area contributed by atoms with Crippen LogP contribution in [0.25, 0.3) is 12.2 Å². The Labute approximate surface area is 115 Å². The van der Waals surface area contributed by atoms with Gasteiger partial charge in [-0.25, -0.2) is 9.59 Å². The van der Waals surface area contributed by atoms with Crippen molar-refractivity contribution in [3.63, 3.8) is 0 Å². The minimum atomic E-state index is -1.15. The molecule has 0 fully saturated rings. The van der Waals surface area contributed by atoms with E-state index in [1.54, 1.807) is 12.2 Å². The van der Waals surface area contributed by atoms with Gasteiger partial charge in [0, 0.05) is 0 Å². The molecule has 2 rings (SSSR count). The summed E-state index contributed by atoms with van der Waals surface area (Å²) in [4.78, 5) is 22.0. The highest BCUT2D eigenvalue weighted by Crippen LogP contribution is 2.14. The molecule has 0 aliphatic heterocycles. The third-order valence-electron chi connectivity index (χ3n) is 2.72. The van der Waals surface area contributed by atoms with E-state index in [4.69, 9.17) is 10.2 Å². The molecule has 2 N–H and O–H groups in total. The molecule has 4 heteroatoms. The largest absolute Gasteiger partial charge is 0.478 e. The molecule has 0 saturated heterocycles. The van der Waals surface area contributed by atoms with Crippen molar-refractivity contribution >= 4 is 24.1 Å². The average molecular weight is 268 g/mol. The van der Waals surface area contributed by atoms with Crippen molar-refractivity contribution in [2.24, 2.45) is 0 Å². The van der Waals surface area contributed by atoms with Crippen LogP contribution in [0, 0.1) is 0 Å². The fourth-order valence-corrected chi connectivity index (χ4v) is 1.75. The van der Waals surface area contributed by atoms with E-state index in [1.165, 1.54) is 12.1 Å². The first-order chi connectivity index (χ1) is 9.56. The van der Waals surface area contributed by atoms with Crippen LogP contribution in [0.5, 0.6) is 0 Å². The highest BCUT2D eigenvalue weighted by Gasteiger charge is 2.10. The Morgan fingerprint density at radius 3 is 1.75 bits per heavy atom. The summed E-state index contributed by atoms with van der Waals surface area (Å²) in [5, 5.41) is 18.0. The molecular formula is C16H12O4. The lowest BCUT2D eigenvalue weighted by Gasteiger charge is -2.01. The minimum Gasteiger partial charge on any atom is -0.478 e. The van der Waals surface area contributed by atoms with Crippen LogP contribution in [0.1, 0.15) is 31.8 Å². The summed E-state index contributed by atoms with van der Waals surface area (Å²) in [6, 6.07) is 13.5. The molecule has 0 aliphatic rings. The Hall–Kier alpha value is -2.88. The standard InChI is InChI=1S/C16H12O4/c17-15(18)13-8-12(9-14(10-13)16(19)20)7-6-11-4-2-1-3-5-11/h1-10H,(H,17,18)(H,19,20). The minimum absolute atomic E-state index is 0.0439. The molecular weight excluding hydrogens is 256 g/mol. The Bertz CT molecular complexity index is 640. The maximum absolute atomic E-state index is 11.0. The molecule has 0 bridgehead atoms. The zero-order valence-corrected chi connectivity index (χ0v) is 10.5. The molecule has 2 aromatic carbocycles. The van der Waals surface area contributed by atoms with E-state index in [0.29, 0.717) is 5.56 Å². The Morgan fingerprint density at radius 2 is 1.25 bits per heavy atom. The van der Waals surface area contributed by atoms with Crippen LogP contribution < -0.4 is 0 Å². The van der Waals surface area contributed by atoms with Gasteiger partial charge in [-0.05, 0) is 29.3 Å². The highest BCUT2D eigenvalue weighted by molar-refractivity contribution is 5.95. The van der Waals surface area contributed by atoms with Gasteiger partial charge in [0.25, 0.3) is 0 Å². The van der Waals surface area contributed by atoms with Crippen molar-refractivity contribution in [1.29, 1.82) is 0 Å². The van der Waals surface area contributed by atoms with Crippen LogP contribution in [-0.4, -0.2) is 22.2 Å². The Kier molecular flexibility index (Phi) is 3.96. The van der Waals surface area contributed by atoms with E-state index >= 15 is 0 Å². The molecule has 20 heavy (non-hydrogen) atoms. The van der Waals surface area contributed by atoms with E-state index < -0.39 is 11.9 Å². The van der Waals surface area contributed by atoms with E-state index in [0.717, 1.165) is 11.6 Å². The number of carbonyl (C=O) groups is 2. The van der Waals surface area contributed by atoms with Gasteiger partial charge in [0.2, 0.25) is 0 Å². The van der Waals surface area contributed by atoms with Crippen LogP contribution in [0.3, 0.4) is 0 Å². The van der Waals surface area contributed by atoms with Crippen LogP contribution in [0.4, 0.5) is 0 Å². The van der Waals surface area contributed by atoms with Crippen LogP contribution in [-0.2, 0) is 0 Å². The first kappa shape index (κ1) is 13.5. The molecule has 0 atom stereocenters. The smallest absolute Gasteiger partial charge is 0.335 e. The highest BCUT2D eigenvalue weighted by atomic mass is 16.4. The number of rotatable bonds is 4. The van der Waals surface area contributed by atoms with Crippen molar-refractivity contribution in [3.05, 3.63) is 70.8 Å². The number of hydrogen-bond donors (Lipinski definition) is 2. The summed E-state index contributed by atoms with van der Waals surface area (Å²) >= 11 is 0. The van der Waals surface area contributed by atoms with Crippen LogP contribution >= 0.6 is 0 Å². The van der Waals surface area contributed by atoms with Crippen molar-refractivity contribution < 1.29 is 19.8 Å². The number of aromatic carboxylic acids is 2. The summed E-state index contributed by atoms with van der Waals surface area (Å²) in [6.07, 6.45) is 3.49. The summed E-state index contributed by atoms with van der Waals surface area (Å²) in [5.41, 5.74) is 1.39. The molecule has 0 aliphatic carbocycles. The second-order valence-corrected chi connectivity index (χ2v) is 4.20. The van der Waals surface area contributed by atoms with Gasteiger partial charge in [-0.15, -0.1) is 0 Å². The number of benzene rings is 2. The van der Waals surface area contributed by atoms with Gasteiger partial charge in [0.15, 0.2) is 0 Å². The topological polar surface area (TPSA) is 74.6 Å². The van der Waals surface area contributed by atoms with Crippen molar-refractivity contribution in [2.45, 2.75) is 0 Å². The third-order valence-corrected chi connectivity index (χ3v) is 2.72. The fourth-order valence-electron chi connectivity index (χ4n) is 1.75. The zero-order valence-electron chi connectivity index (χ0n) is 10.5. The van der Waals surface area contributed by atoms with Crippen molar-refractivity contribution in [2.75, 3.05) is 0 Å². The van der Waals surface area contributed by atoms with Crippen molar-refractivity contribution in [1.82, 2.24) is 0 Å². The SMILES string of the molecule is O=C(O)c1cc(C=Cc2ccccc2)cc(C(=O)O)c1. The maximum Gasteiger partial charge on any atom is 0.335 e. The Balaban J connectivity index is 2.38. The van der Waals surface area contributed by atoms with Gasteiger partial charge >= 0.3 is 11.9 Å². The van der Waals surface area contributed by atoms with Gasteiger partial charge in [-0.1, -0.05) is 42.5 Å². The summed E-state index contributed by atoms with van der Waals surface area (Å²) in [7, 11) is 0. The van der Waals surface area contributed by atoms with E-state index in [2.05, 4.69) is 0 Å². The molecule has 0 amide bonds. The fraction of sp³-hybridized carbons (Fsp3) is 0. The third kappa shape index (κ3) is 3.32. The second kappa shape index (κ2) is 5.84. The van der Waals surface area contributed by atoms with E-state index in [9.17, 15) is 9.59 Å². The lowest BCUT2D eigenvalue weighted by atomic mass is 10.0. The monoisotopic (exact) mass is 268 g/mol. The lowest BCUT2D eigenvalue weighted by molar-refractivity contribution is 0.0696. The summed E-state index contributed by atoms with van der Waals surface area (Å²) in [5.74, 6) is -2.30. The van der Waals surface area contributed by atoms with Crippen LogP contribution in [0.2, 0.25) is 0 Å². The van der Waals surface area contributed by atoms with E-state index in [1.807, 2.05) is 30.3 Å². The lowest BCUT2D eigenvalue weighted by Crippen LogP contribution is -2.02. The number of hydrogen-bond acceptors (Lipinski definition) is 2. The number of carboxylic acids is 2. The van der Waals surface area contributed by atoms with Gasteiger partial charge in [-0.2, -0.15) is 0 Å². The second-order valence-electron chi connectivity index (χ2n) is 4.20. The zero-order chi connectivity index (χ0) is 14.5. The first-order valence-electron chi connectivity index (χ1n) is 5.91. The van der Waals surface area contributed by atoms with Crippen molar-refractivity contribution in [3.8, 4) is 0 Å². The number of carboxylic acid groups (broad SMARTS) is 2. The predicted octanol–water partition coefficient (Wildman–Crippen LogP) is 3.25. The van der Waals surface area contributed by atoms with Gasteiger partial charge in [0.1, 0.15) is 0 Å². The molecule has 0 spiro atoms. The van der Waals surface area contributed by atoms with Gasteiger partial charge in [-0.3, -0.25) is 0 Å². The molecule has 0 unspecified atom stereocenters. The molecule has 100 valence electrons. The molecule has 0 aromatic heterocycles. The predicted molar refractivity (Wildman–Crippen MR) is 75.7 cm³/mol. The first-order valence-corrected chi connectivity index (χ1v) is 5.91. The molecule has 2 aromatic rings. The van der Waals surface area contributed by atoms with E-state index in [-0.39, 0.29) is 11.1 Å². The quantitative estimate of drug-likeness (QED) is 0.835. The molecule has 4 nitrogen and oxygen atoms in total. The Morgan fingerprint density at radius 1 is 0.750 bits per heavy atom. The molecule has 0 heterocycles. The summed E-state index contributed by atoms with van der Waals surface area (Å²) in [6.45, 7) is 0. The summed E-state index contributed by atoms with van der Waals surface area (Å²) < 4.78 is 0. The van der Waals surface area contributed by atoms with Gasteiger partial charge in [0.05, 0.1) is 11.1 Å². The molecule has 0 radical (unpaired) electrons. The maximum atomic E-state index is 11.0. The van der Waals surface area contributed by atoms with Gasteiger partial charge < -0.3 is 10.2 Å².